The molecular formula is C25H31N3O4. The number of rotatable bonds is 9. The second-order valence-corrected chi connectivity index (χ2v) is 7.98. The fourth-order valence-electron chi connectivity index (χ4n) is 3.96. The molecule has 2 N–H and O–H groups in total. The van der Waals surface area contributed by atoms with Crippen molar-refractivity contribution in [3.05, 3.63) is 71.8 Å². The van der Waals surface area contributed by atoms with Gasteiger partial charge in [-0.15, -0.1) is 0 Å². The van der Waals surface area contributed by atoms with Crippen LogP contribution in [-0.4, -0.2) is 62.0 Å². The fourth-order valence-corrected chi connectivity index (χ4v) is 3.96. The Labute approximate surface area is 189 Å². The number of hydrogen-bond acceptors (Lipinski definition) is 4. The van der Waals surface area contributed by atoms with Gasteiger partial charge in [0.05, 0.1) is 13.0 Å². The molecule has 0 aliphatic carbocycles. The lowest BCUT2D eigenvalue weighted by Gasteiger charge is -2.36. The summed E-state index contributed by atoms with van der Waals surface area (Å²) in [5, 5.41) is 5.76. The third kappa shape index (κ3) is 6.65. The first kappa shape index (κ1) is 23.5. The van der Waals surface area contributed by atoms with Crippen LogP contribution < -0.4 is 10.6 Å². The van der Waals surface area contributed by atoms with Crippen molar-refractivity contribution >= 4 is 17.7 Å². The summed E-state index contributed by atoms with van der Waals surface area (Å²) < 4.78 is 5.01. The van der Waals surface area contributed by atoms with E-state index in [1.807, 2.05) is 41.3 Å². The molecule has 2 aromatic rings. The zero-order valence-electron chi connectivity index (χ0n) is 18.5. The topological polar surface area (TPSA) is 87.7 Å². The molecule has 0 radical (unpaired) electrons. The van der Waals surface area contributed by atoms with Crippen molar-refractivity contribution in [1.29, 1.82) is 0 Å². The van der Waals surface area contributed by atoms with Crippen LogP contribution in [0.25, 0.3) is 0 Å². The average molecular weight is 438 g/mol. The summed E-state index contributed by atoms with van der Waals surface area (Å²) in [6, 6.07) is 17.9. The number of carbonyl (C=O) groups is 3. The maximum Gasteiger partial charge on any atom is 0.251 e. The highest BCUT2D eigenvalue weighted by Gasteiger charge is 2.33. The van der Waals surface area contributed by atoms with Crippen molar-refractivity contribution in [2.45, 2.75) is 25.3 Å². The molecular weight excluding hydrogens is 406 g/mol. The number of carbonyl (C=O) groups excluding carboxylic acids is 3. The van der Waals surface area contributed by atoms with Gasteiger partial charge in [0.15, 0.2) is 0 Å². The highest BCUT2D eigenvalue weighted by atomic mass is 16.5. The summed E-state index contributed by atoms with van der Waals surface area (Å²) in [5.41, 5.74) is 1.50. The van der Waals surface area contributed by atoms with Crippen molar-refractivity contribution in [1.82, 2.24) is 15.5 Å². The van der Waals surface area contributed by atoms with Crippen LogP contribution in [0, 0.1) is 5.92 Å². The van der Waals surface area contributed by atoms with Crippen molar-refractivity contribution in [2.24, 2.45) is 5.92 Å². The summed E-state index contributed by atoms with van der Waals surface area (Å²) in [6.45, 7) is 1.91. The zero-order valence-corrected chi connectivity index (χ0v) is 18.5. The molecule has 1 heterocycles. The first-order chi connectivity index (χ1) is 15.6. The number of hydrogen-bond donors (Lipinski definition) is 2. The van der Waals surface area contributed by atoms with E-state index in [0.29, 0.717) is 51.1 Å². The third-order valence-electron chi connectivity index (χ3n) is 5.77. The number of likely N-dealkylation sites (tertiary alicyclic amines) is 1. The van der Waals surface area contributed by atoms with Gasteiger partial charge in [-0.05, 0) is 36.5 Å². The number of benzene rings is 2. The average Bonchev–Trinajstić information content (AvgIpc) is 2.83. The summed E-state index contributed by atoms with van der Waals surface area (Å²) in [7, 11) is 1.57. The lowest BCUT2D eigenvalue weighted by molar-refractivity contribution is -0.132. The monoisotopic (exact) mass is 437 g/mol. The summed E-state index contributed by atoms with van der Waals surface area (Å²) in [6.07, 6.45) is 1.67. The predicted octanol–water partition coefficient (Wildman–Crippen LogP) is 2.03. The van der Waals surface area contributed by atoms with Gasteiger partial charge >= 0.3 is 0 Å². The van der Waals surface area contributed by atoms with E-state index in [2.05, 4.69) is 10.6 Å². The van der Waals surface area contributed by atoms with Crippen molar-refractivity contribution in [3.8, 4) is 0 Å². The van der Waals surface area contributed by atoms with Gasteiger partial charge in [0.25, 0.3) is 5.91 Å². The molecule has 0 spiro atoms. The molecule has 1 unspecified atom stereocenters. The smallest absolute Gasteiger partial charge is 0.251 e. The number of nitrogens with zero attached hydrogens (tertiary/aromatic N) is 1. The molecule has 7 nitrogen and oxygen atoms in total. The number of methoxy groups -OCH3 is 1. The van der Waals surface area contributed by atoms with E-state index in [-0.39, 0.29) is 23.6 Å². The minimum Gasteiger partial charge on any atom is -0.383 e. The van der Waals surface area contributed by atoms with Crippen molar-refractivity contribution in [2.75, 3.05) is 33.4 Å². The van der Waals surface area contributed by atoms with Crippen LogP contribution in [0.4, 0.5) is 0 Å². The van der Waals surface area contributed by atoms with E-state index < -0.39 is 6.04 Å². The van der Waals surface area contributed by atoms with Crippen LogP contribution >= 0.6 is 0 Å². The molecule has 170 valence electrons. The molecule has 0 saturated carbocycles. The molecule has 7 heteroatoms. The molecule has 1 atom stereocenters. The van der Waals surface area contributed by atoms with Crippen LogP contribution in [-0.2, 0) is 20.7 Å². The molecule has 3 rings (SSSR count). The molecule has 0 aromatic heterocycles. The van der Waals surface area contributed by atoms with Crippen LogP contribution in [0.15, 0.2) is 60.7 Å². The highest BCUT2D eigenvalue weighted by molar-refractivity contribution is 5.97. The second kappa shape index (κ2) is 12.0. The van der Waals surface area contributed by atoms with Crippen LogP contribution in [0.5, 0.6) is 0 Å². The molecule has 3 amide bonds. The first-order valence-electron chi connectivity index (χ1n) is 11.0. The van der Waals surface area contributed by atoms with Gasteiger partial charge in [-0.3, -0.25) is 14.4 Å². The Hall–Kier alpha value is -3.19. The third-order valence-corrected chi connectivity index (χ3v) is 5.77. The molecule has 1 saturated heterocycles. The predicted molar refractivity (Wildman–Crippen MR) is 122 cm³/mol. The molecule has 2 aromatic carbocycles. The Morgan fingerprint density at radius 1 is 1.00 bits per heavy atom. The van der Waals surface area contributed by atoms with E-state index in [1.54, 1.807) is 31.4 Å². The minimum absolute atomic E-state index is 0.0500. The Kier molecular flexibility index (Phi) is 8.80. The Bertz CT molecular complexity index is 881. The standard InChI is InChI=1S/C25H31N3O4/c1-32-17-14-26-25(31)23(27-24(30)21-10-6-3-7-11-21)20-12-15-28(16-13-20)22(29)18-19-8-4-2-5-9-19/h2-11,20,23H,12-18H2,1H3,(H,26,31)(H,27,30). The Morgan fingerprint density at radius 3 is 2.25 bits per heavy atom. The van der Waals surface area contributed by atoms with Crippen LogP contribution in [0.2, 0.25) is 0 Å². The lowest BCUT2D eigenvalue weighted by Crippen LogP contribution is -2.54. The van der Waals surface area contributed by atoms with E-state index in [4.69, 9.17) is 4.74 Å². The lowest BCUT2D eigenvalue weighted by atomic mass is 9.88. The second-order valence-electron chi connectivity index (χ2n) is 7.98. The van der Waals surface area contributed by atoms with E-state index in [0.717, 1.165) is 5.56 Å². The number of piperidine rings is 1. The minimum atomic E-state index is -0.661. The van der Waals surface area contributed by atoms with Gasteiger partial charge in [-0.25, -0.2) is 0 Å². The summed E-state index contributed by atoms with van der Waals surface area (Å²) >= 11 is 0. The normalized spacial score (nSPS) is 15.1. The van der Waals surface area contributed by atoms with E-state index in [9.17, 15) is 14.4 Å². The fraction of sp³-hybridized carbons (Fsp3) is 0.400. The van der Waals surface area contributed by atoms with Gasteiger partial charge in [-0.1, -0.05) is 48.5 Å². The van der Waals surface area contributed by atoms with Gasteiger partial charge < -0.3 is 20.3 Å². The molecule has 0 bridgehead atoms. The summed E-state index contributed by atoms with van der Waals surface area (Å²) in [4.78, 5) is 40.1. The highest BCUT2D eigenvalue weighted by Crippen LogP contribution is 2.22. The molecule has 1 fully saturated rings. The van der Waals surface area contributed by atoms with Crippen molar-refractivity contribution in [3.63, 3.8) is 0 Å². The van der Waals surface area contributed by atoms with Crippen molar-refractivity contribution < 1.29 is 19.1 Å². The molecule has 1 aliphatic rings. The van der Waals surface area contributed by atoms with E-state index >= 15 is 0 Å². The zero-order chi connectivity index (χ0) is 22.8. The number of nitrogens with one attached hydrogen (secondary N) is 2. The van der Waals surface area contributed by atoms with Gasteiger partial charge in [0.1, 0.15) is 6.04 Å². The molecule has 32 heavy (non-hydrogen) atoms. The number of amides is 3. The quantitative estimate of drug-likeness (QED) is 0.588. The maximum absolute atomic E-state index is 12.9. The summed E-state index contributed by atoms with van der Waals surface area (Å²) in [5.74, 6) is -0.462. The Balaban J connectivity index is 1.61. The molecule has 1 aliphatic heterocycles. The first-order valence-corrected chi connectivity index (χ1v) is 11.0. The van der Waals surface area contributed by atoms with Gasteiger partial charge in [0, 0.05) is 32.3 Å². The number of ether oxygens (including phenoxy) is 1. The van der Waals surface area contributed by atoms with Gasteiger partial charge in [-0.2, -0.15) is 0 Å². The maximum atomic E-state index is 12.9. The Morgan fingerprint density at radius 2 is 1.62 bits per heavy atom. The van der Waals surface area contributed by atoms with E-state index in [1.165, 1.54) is 0 Å². The van der Waals surface area contributed by atoms with Crippen LogP contribution in [0.3, 0.4) is 0 Å². The van der Waals surface area contributed by atoms with Crippen LogP contribution in [0.1, 0.15) is 28.8 Å². The van der Waals surface area contributed by atoms with Gasteiger partial charge in [0.2, 0.25) is 11.8 Å². The largest absolute Gasteiger partial charge is 0.383 e. The SMILES string of the molecule is COCCNC(=O)C(NC(=O)c1ccccc1)C1CCN(C(=O)Cc2ccccc2)CC1.